The second-order valence-electron chi connectivity index (χ2n) is 5.23. The number of nitrogens with one attached hydrogen (secondary N) is 1. The van der Waals surface area contributed by atoms with Crippen LogP contribution < -0.4 is 14.8 Å². The summed E-state index contributed by atoms with van der Waals surface area (Å²) in [5.74, 6) is 1.77. The topological polar surface area (TPSA) is 47.6 Å². The van der Waals surface area contributed by atoms with Gasteiger partial charge in [0.1, 0.15) is 11.5 Å². The Labute approximate surface area is 121 Å². The van der Waals surface area contributed by atoms with E-state index in [2.05, 4.69) is 19.2 Å². The molecule has 112 valence electrons. The van der Waals surface area contributed by atoms with Crippen molar-refractivity contribution in [1.29, 1.82) is 0 Å². The minimum absolute atomic E-state index is 0.0653. The normalized spacial score (nSPS) is 13.7. The van der Waals surface area contributed by atoms with Gasteiger partial charge in [0.2, 0.25) is 0 Å². The summed E-state index contributed by atoms with van der Waals surface area (Å²) in [6.07, 6.45) is 0.160. The molecule has 4 nitrogen and oxygen atoms in total. The molecule has 1 aromatic carbocycles. The molecule has 1 amide bonds. The molecule has 2 atom stereocenters. The van der Waals surface area contributed by atoms with Crippen molar-refractivity contribution in [2.24, 2.45) is 5.92 Å². The number of amides is 1. The van der Waals surface area contributed by atoms with Crippen LogP contribution in [0.15, 0.2) is 24.3 Å². The highest BCUT2D eigenvalue weighted by Crippen LogP contribution is 2.19. The van der Waals surface area contributed by atoms with Gasteiger partial charge in [-0.2, -0.15) is 0 Å². The lowest BCUT2D eigenvalue weighted by Crippen LogP contribution is -2.44. The lowest BCUT2D eigenvalue weighted by atomic mass is 10.1. The van der Waals surface area contributed by atoms with Crippen LogP contribution in [0.5, 0.6) is 11.5 Å². The van der Waals surface area contributed by atoms with Gasteiger partial charge < -0.3 is 14.8 Å². The van der Waals surface area contributed by atoms with Crippen molar-refractivity contribution < 1.29 is 14.3 Å². The zero-order chi connectivity index (χ0) is 15.1. The summed E-state index contributed by atoms with van der Waals surface area (Å²) in [6.45, 7) is 8.10. The Morgan fingerprint density at radius 2 is 1.70 bits per heavy atom. The quantitative estimate of drug-likeness (QED) is 0.834. The first-order valence-corrected chi connectivity index (χ1v) is 7.09. The average molecular weight is 279 g/mol. The molecule has 0 fully saturated rings. The zero-order valence-electron chi connectivity index (χ0n) is 13.0. The Bertz CT molecular complexity index is 414. The number of carbonyl (C=O) groups is 1. The number of ether oxygens (including phenoxy) is 2. The number of hydrogen-bond donors (Lipinski definition) is 1. The van der Waals surface area contributed by atoms with Crippen molar-refractivity contribution in [2.45, 2.75) is 46.3 Å². The van der Waals surface area contributed by atoms with Crippen LogP contribution in [-0.4, -0.2) is 25.2 Å². The van der Waals surface area contributed by atoms with Crippen LogP contribution >= 0.6 is 0 Å². The number of carbonyl (C=O) groups excluding carboxylic acids is 1. The van der Waals surface area contributed by atoms with Gasteiger partial charge in [-0.25, -0.2) is 0 Å². The third-order valence-corrected chi connectivity index (χ3v) is 3.37. The van der Waals surface area contributed by atoms with E-state index in [-0.39, 0.29) is 11.9 Å². The fraction of sp³-hybridized carbons (Fsp3) is 0.562. The molecule has 0 saturated carbocycles. The van der Waals surface area contributed by atoms with E-state index in [1.807, 2.05) is 26.0 Å². The van der Waals surface area contributed by atoms with Crippen molar-refractivity contribution in [1.82, 2.24) is 5.32 Å². The van der Waals surface area contributed by atoms with Crippen LogP contribution in [0.2, 0.25) is 0 Å². The van der Waals surface area contributed by atoms with Gasteiger partial charge in [-0.1, -0.05) is 20.8 Å². The Balaban J connectivity index is 2.63. The van der Waals surface area contributed by atoms with Gasteiger partial charge in [0, 0.05) is 6.04 Å². The molecule has 20 heavy (non-hydrogen) atoms. The van der Waals surface area contributed by atoms with E-state index in [1.165, 1.54) is 0 Å². The van der Waals surface area contributed by atoms with Crippen LogP contribution in [0.4, 0.5) is 0 Å². The van der Waals surface area contributed by atoms with E-state index >= 15 is 0 Å². The second-order valence-corrected chi connectivity index (χ2v) is 5.23. The zero-order valence-corrected chi connectivity index (χ0v) is 13.0. The third kappa shape index (κ3) is 4.76. The van der Waals surface area contributed by atoms with Gasteiger partial charge in [-0.3, -0.25) is 4.79 Å². The van der Waals surface area contributed by atoms with Crippen LogP contribution in [0, 0.1) is 5.92 Å². The molecule has 1 aromatic rings. The van der Waals surface area contributed by atoms with Gasteiger partial charge in [0.25, 0.3) is 5.91 Å². The number of rotatable bonds is 7. The molecule has 1 rings (SSSR count). The molecule has 0 aliphatic carbocycles. The van der Waals surface area contributed by atoms with Crippen LogP contribution in [0.3, 0.4) is 0 Å². The standard InChI is InChI=1S/C16H25NO3/c1-6-15(16(18)17-12(4)11(2)3)20-14-9-7-13(19-5)8-10-14/h7-12,15H,6H2,1-5H3,(H,17,18). The molecular formula is C16H25NO3. The second kappa shape index (κ2) is 7.78. The van der Waals surface area contributed by atoms with E-state index in [9.17, 15) is 4.79 Å². The SMILES string of the molecule is CCC(Oc1ccc(OC)cc1)C(=O)NC(C)C(C)C. The predicted octanol–water partition coefficient (Wildman–Crippen LogP) is 3.01. The minimum Gasteiger partial charge on any atom is -0.497 e. The Morgan fingerprint density at radius 3 is 2.15 bits per heavy atom. The van der Waals surface area contributed by atoms with Crippen molar-refractivity contribution in [3.63, 3.8) is 0 Å². The fourth-order valence-corrected chi connectivity index (χ4v) is 1.62. The van der Waals surface area contributed by atoms with Crippen LogP contribution in [-0.2, 0) is 4.79 Å². The first-order valence-electron chi connectivity index (χ1n) is 7.09. The summed E-state index contributed by atoms with van der Waals surface area (Å²) in [6, 6.07) is 7.38. The molecule has 0 aromatic heterocycles. The van der Waals surface area contributed by atoms with Crippen molar-refractivity contribution in [3.05, 3.63) is 24.3 Å². The summed E-state index contributed by atoms with van der Waals surface area (Å²) in [5.41, 5.74) is 0. The van der Waals surface area contributed by atoms with Gasteiger partial charge in [0.05, 0.1) is 7.11 Å². The van der Waals surface area contributed by atoms with Gasteiger partial charge >= 0.3 is 0 Å². The molecule has 0 aliphatic rings. The number of hydrogen-bond acceptors (Lipinski definition) is 3. The molecule has 0 bridgehead atoms. The van der Waals surface area contributed by atoms with Crippen LogP contribution in [0.25, 0.3) is 0 Å². The van der Waals surface area contributed by atoms with E-state index in [1.54, 1.807) is 19.2 Å². The number of methoxy groups -OCH3 is 1. The molecule has 0 radical (unpaired) electrons. The van der Waals surface area contributed by atoms with Gasteiger partial charge in [-0.15, -0.1) is 0 Å². The third-order valence-electron chi connectivity index (χ3n) is 3.37. The van der Waals surface area contributed by atoms with Crippen molar-refractivity contribution in [2.75, 3.05) is 7.11 Å². The van der Waals surface area contributed by atoms with E-state index in [4.69, 9.17) is 9.47 Å². The van der Waals surface area contributed by atoms with Crippen molar-refractivity contribution >= 4 is 5.91 Å². The van der Waals surface area contributed by atoms with Crippen molar-refractivity contribution in [3.8, 4) is 11.5 Å². The summed E-state index contributed by atoms with van der Waals surface area (Å²) < 4.78 is 10.8. The maximum Gasteiger partial charge on any atom is 0.261 e. The lowest BCUT2D eigenvalue weighted by Gasteiger charge is -2.22. The molecule has 0 saturated heterocycles. The fourth-order valence-electron chi connectivity index (χ4n) is 1.62. The average Bonchev–Trinajstić information content (AvgIpc) is 2.44. The summed E-state index contributed by atoms with van der Waals surface area (Å²) in [4.78, 5) is 12.2. The first-order chi connectivity index (χ1) is 9.47. The predicted molar refractivity (Wildman–Crippen MR) is 80.1 cm³/mol. The number of benzene rings is 1. The summed E-state index contributed by atoms with van der Waals surface area (Å²) in [7, 11) is 1.62. The highest BCUT2D eigenvalue weighted by Gasteiger charge is 2.21. The van der Waals surface area contributed by atoms with E-state index < -0.39 is 6.10 Å². The Hall–Kier alpha value is -1.71. The maximum atomic E-state index is 12.2. The molecule has 0 heterocycles. The molecular weight excluding hydrogens is 254 g/mol. The molecule has 0 spiro atoms. The molecule has 0 aliphatic heterocycles. The summed E-state index contributed by atoms with van der Waals surface area (Å²) >= 11 is 0. The minimum atomic E-state index is -0.468. The molecule has 4 heteroatoms. The smallest absolute Gasteiger partial charge is 0.261 e. The Kier molecular flexibility index (Phi) is 6.36. The maximum absolute atomic E-state index is 12.2. The van der Waals surface area contributed by atoms with Gasteiger partial charge in [-0.05, 0) is 43.5 Å². The highest BCUT2D eigenvalue weighted by atomic mass is 16.5. The first kappa shape index (κ1) is 16.3. The van der Waals surface area contributed by atoms with E-state index in [0.717, 1.165) is 5.75 Å². The van der Waals surface area contributed by atoms with Gasteiger partial charge in [0.15, 0.2) is 6.10 Å². The lowest BCUT2D eigenvalue weighted by molar-refractivity contribution is -0.129. The summed E-state index contributed by atoms with van der Waals surface area (Å²) in [5, 5.41) is 2.98. The van der Waals surface area contributed by atoms with Crippen LogP contribution in [0.1, 0.15) is 34.1 Å². The molecule has 2 unspecified atom stereocenters. The largest absolute Gasteiger partial charge is 0.497 e. The Morgan fingerprint density at radius 1 is 1.15 bits per heavy atom. The highest BCUT2D eigenvalue weighted by molar-refractivity contribution is 5.81. The van der Waals surface area contributed by atoms with E-state index in [0.29, 0.717) is 18.1 Å². The molecule has 1 N–H and O–H groups in total. The monoisotopic (exact) mass is 279 g/mol.